The van der Waals surface area contributed by atoms with Crippen LogP contribution in [0, 0.1) is 18.8 Å². The van der Waals surface area contributed by atoms with Crippen LogP contribution in [-0.4, -0.2) is 64.8 Å². The van der Waals surface area contributed by atoms with Gasteiger partial charge in [0.05, 0.1) is 25.0 Å². The fourth-order valence-electron chi connectivity index (χ4n) is 4.39. The van der Waals surface area contributed by atoms with Crippen LogP contribution in [-0.2, 0) is 10.9 Å². The minimum atomic E-state index is -4.60. The maximum atomic E-state index is 13.2. The number of hydrogen-bond donors (Lipinski definition) is 2. The van der Waals surface area contributed by atoms with Crippen molar-refractivity contribution in [3.05, 3.63) is 87.7 Å². The Kier molecular flexibility index (Phi) is 8.44. The Hall–Kier alpha value is -4.11. The average molecular weight is 583 g/mol. The van der Waals surface area contributed by atoms with Crippen LogP contribution >= 0.6 is 11.6 Å². The van der Waals surface area contributed by atoms with Crippen molar-refractivity contribution in [1.29, 1.82) is 0 Å². The van der Waals surface area contributed by atoms with E-state index in [1.807, 2.05) is 12.1 Å². The third-order valence-corrected chi connectivity index (χ3v) is 6.81. The molecule has 1 saturated heterocycles. The lowest BCUT2D eigenvalue weighted by molar-refractivity contribution is -0.137. The number of anilines is 2. The predicted molar refractivity (Wildman–Crippen MR) is 150 cm³/mol. The second-order valence-electron chi connectivity index (χ2n) is 9.42. The Morgan fingerprint density at radius 3 is 2.71 bits per heavy atom. The van der Waals surface area contributed by atoms with E-state index in [1.54, 1.807) is 35.8 Å². The number of halogens is 4. The highest BCUT2D eigenvalue weighted by molar-refractivity contribution is 6.31. The standard InChI is InChI=1S/C29H26ClF3N6O2/c1-19-20(3-2-4-25(19)28(40)36-23-16-21(29(31,32)33)15-22(30)17-23)5-6-24-18-35-27-8-7-26(37-39(24)27)34-9-10-38-11-13-41-14-12-38/h2-4,7-8,15-18H,9-14H2,1H3,(H,34,37)(H,36,40). The molecule has 0 bridgehead atoms. The molecule has 1 amide bonds. The maximum Gasteiger partial charge on any atom is 0.416 e. The number of benzene rings is 2. The van der Waals surface area contributed by atoms with Crippen molar-refractivity contribution >= 4 is 34.7 Å². The number of carbonyl (C=O) groups is 1. The van der Waals surface area contributed by atoms with Crippen molar-refractivity contribution in [2.75, 3.05) is 50.0 Å². The van der Waals surface area contributed by atoms with Gasteiger partial charge in [0.1, 0.15) is 11.5 Å². The van der Waals surface area contributed by atoms with E-state index < -0.39 is 17.6 Å². The molecule has 8 nitrogen and oxygen atoms in total. The van der Waals surface area contributed by atoms with E-state index in [9.17, 15) is 18.0 Å². The van der Waals surface area contributed by atoms with Gasteiger partial charge in [-0.15, -0.1) is 5.10 Å². The Morgan fingerprint density at radius 1 is 1.12 bits per heavy atom. The molecular formula is C29H26ClF3N6O2. The highest BCUT2D eigenvalue weighted by Crippen LogP contribution is 2.33. The van der Waals surface area contributed by atoms with Gasteiger partial charge in [-0.05, 0) is 60.9 Å². The summed E-state index contributed by atoms with van der Waals surface area (Å²) in [6.07, 6.45) is -2.97. The molecule has 0 atom stereocenters. The number of rotatable bonds is 6. The van der Waals surface area contributed by atoms with Gasteiger partial charge in [0, 0.05) is 48.0 Å². The second kappa shape index (κ2) is 12.2. The first-order valence-corrected chi connectivity index (χ1v) is 13.2. The molecule has 1 aliphatic rings. The number of ether oxygens (including phenoxy) is 1. The minimum absolute atomic E-state index is 0.0584. The van der Waals surface area contributed by atoms with E-state index in [0.29, 0.717) is 28.3 Å². The molecule has 2 aromatic heterocycles. The predicted octanol–water partition coefficient (Wildman–Crippen LogP) is 5.11. The molecule has 3 heterocycles. The van der Waals surface area contributed by atoms with E-state index >= 15 is 0 Å². The van der Waals surface area contributed by atoms with Crippen molar-refractivity contribution in [1.82, 2.24) is 19.5 Å². The van der Waals surface area contributed by atoms with Crippen LogP contribution in [0.2, 0.25) is 5.02 Å². The summed E-state index contributed by atoms with van der Waals surface area (Å²) in [4.78, 5) is 19.7. The maximum absolute atomic E-state index is 13.2. The summed E-state index contributed by atoms with van der Waals surface area (Å²) in [6, 6.07) is 11.6. The molecule has 4 aromatic rings. The number of carbonyl (C=O) groups excluding carboxylic acids is 1. The first-order valence-electron chi connectivity index (χ1n) is 12.9. The number of aromatic nitrogens is 3. The molecule has 2 N–H and O–H groups in total. The largest absolute Gasteiger partial charge is 0.416 e. The Labute approximate surface area is 239 Å². The normalized spacial score (nSPS) is 14.0. The average Bonchev–Trinajstić information content (AvgIpc) is 3.34. The van der Waals surface area contributed by atoms with E-state index in [1.165, 1.54) is 6.07 Å². The van der Waals surface area contributed by atoms with Gasteiger partial charge in [-0.1, -0.05) is 23.6 Å². The summed E-state index contributed by atoms with van der Waals surface area (Å²) >= 11 is 5.85. The number of morpholine rings is 1. The highest BCUT2D eigenvalue weighted by atomic mass is 35.5. The lowest BCUT2D eigenvalue weighted by atomic mass is 10.0. The van der Waals surface area contributed by atoms with Gasteiger partial charge < -0.3 is 15.4 Å². The van der Waals surface area contributed by atoms with Gasteiger partial charge >= 0.3 is 6.18 Å². The summed E-state index contributed by atoms with van der Waals surface area (Å²) in [7, 11) is 0. The molecule has 2 aromatic carbocycles. The third kappa shape index (κ3) is 6.97. The number of alkyl halides is 3. The monoisotopic (exact) mass is 582 g/mol. The zero-order valence-electron chi connectivity index (χ0n) is 22.1. The summed E-state index contributed by atoms with van der Waals surface area (Å²) in [5.74, 6) is 6.25. The van der Waals surface area contributed by atoms with E-state index in [-0.39, 0.29) is 16.3 Å². The Balaban J connectivity index is 1.31. The van der Waals surface area contributed by atoms with Crippen molar-refractivity contribution in [3.63, 3.8) is 0 Å². The number of amides is 1. The first-order chi connectivity index (χ1) is 19.7. The molecule has 5 rings (SSSR count). The summed E-state index contributed by atoms with van der Waals surface area (Å²) in [5, 5.41) is 10.3. The smallest absolute Gasteiger partial charge is 0.379 e. The number of nitrogens with zero attached hydrogens (tertiary/aromatic N) is 4. The number of fused-ring (bicyclic) bond motifs is 1. The number of nitrogens with one attached hydrogen (secondary N) is 2. The van der Waals surface area contributed by atoms with Crippen molar-refractivity contribution in [2.24, 2.45) is 0 Å². The lowest BCUT2D eigenvalue weighted by Crippen LogP contribution is -2.39. The van der Waals surface area contributed by atoms with Crippen LogP contribution in [0.1, 0.15) is 32.7 Å². The van der Waals surface area contributed by atoms with Crippen molar-refractivity contribution in [2.45, 2.75) is 13.1 Å². The van der Waals surface area contributed by atoms with Crippen LogP contribution in [0.25, 0.3) is 5.65 Å². The van der Waals surface area contributed by atoms with Crippen molar-refractivity contribution in [3.8, 4) is 11.8 Å². The van der Waals surface area contributed by atoms with Crippen LogP contribution < -0.4 is 10.6 Å². The number of imidazole rings is 1. The molecule has 0 radical (unpaired) electrons. The zero-order chi connectivity index (χ0) is 29.0. The van der Waals surface area contributed by atoms with Crippen LogP contribution in [0.15, 0.2) is 54.7 Å². The quantitative estimate of drug-likeness (QED) is 0.308. The van der Waals surface area contributed by atoms with Crippen molar-refractivity contribution < 1.29 is 22.7 Å². The fraction of sp³-hybridized carbons (Fsp3) is 0.276. The summed E-state index contributed by atoms with van der Waals surface area (Å²) in [6.45, 7) is 6.66. The van der Waals surface area contributed by atoms with Gasteiger partial charge in [-0.3, -0.25) is 9.69 Å². The minimum Gasteiger partial charge on any atom is -0.379 e. The van der Waals surface area contributed by atoms with E-state index in [2.05, 4.69) is 37.5 Å². The lowest BCUT2D eigenvalue weighted by Gasteiger charge is -2.26. The molecule has 212 valence electrons. The molecular weight excluding hydrogens is 557 g/mol. The molecule has 0 spiro atoms. The Bertz CT molecular complexity index is 1640. The molecule has 0 aliphatic carbocycles. The highest BCUT2D eigenvalue weighted by Gasteiger charge is 2.31. The summed E-state index contributed by atoms with van der Waals surface area (Å²) < 4.78 is 46.5. The second-order valence-corrected chi connectivity index (χ2v) is 9.86. The zero-order valence-corrected chi connectivity index (χ0v) is 22.8. The SMILES string of the molecule is Cc1c(C#Cc2cnc3ccc(NCCN4CCOCC4)nn23)cccc1C(=O)Nc1cc(Cl)cc(C(F)(F)F)c1. The third-order valence-electron chi connectivity index (χ3n) is 6.59. The van der Waals surface area contributed by atoms with E-state index in [4.69, 9.17) is 16.3 Å². The molecule has 0 saturated carbocycles. The van der Waals surface area contributed by atoms with Gasteiger partial charge in [0.15, 0.2) is 5.65 Å². The van der Waals surface area contributed by atoms with E-state index in [0.717, 1.165) is 51.5 Å². The Morgan fingerprint density at radius 2 is 1.93 bits per heavy atom. The van der Waals surface area contributed by atoms with Gasteiger partial charge in [-0.2, -0.15) is 13.2 Å². The fourth-order valence-corrected chi connectivity index (χ4v) is 4.63. The number of hydrogen-bond acceptors (Lipinski definition) is 6. The molecule has 12 heteroatoms. The van der Waals surface area contributed by atoms with Gasteiger partial charge in [0.2, 0.25) is 0 Å². The van der Waals surface area contributed by atoms with Gasteiger partial charge in [-0.25, -0.2) is 9.50 Å². The molecule has 41 heavy (non-hydrogen) atoms. The molecule has 0 unspecified atom stereocenters. The molecule has 1 aliphatic heterocycles. The van der Waals surface area contributed by atoms with Crippen LogP contribution in [0.3, 0.4) is 0 Å². The topological polar surface area (TPSA) is 83.8 Å². The molecule has 1 fully saturated rings. The van der Waals surface area contributed by atoms with Crippen LogP contribution in [0.5, 0.6) is 0 Å². The first kappa shape index (κ1) is 28.4. The summed E-state index contributed by atoms with van der Waals surface area (Å²) in [5.41, 5.74) is 1.61. The van der Waals surface area contributed by atoms with Crippen LogP contribution in [0.4, 0.5) is 24.7 Å². The van der Waals surface area contributed by atoms with Gasteiger partial charge in [0.25, 0.3) is 5.91 Å².